The van der Waals surface area contributed by atoms with Gasteiger partial charge in [-0.05, 0) is 44.2 Å². The average Bonchev–Trinajstić information content (AvgIpc) is 3.12. The molecular formula is C22H27N5O2. The van der Waals surface area contributed by atoms with Gasteiger partial charge >= 0.3 is 0 Å². The van der Waals surface area contributed by atoms with Crippen molar-refractivity contribution in [3.05, 3.63) is 46.9 Å². The maximum atomic E-state index is 12.8. The molecule has 7 nitrogen and oxygen atoms in total. The lowest BCUT2D eigenvalue weighted by molar-refractivity contribution is -0.125. The van der Waals surface area contributed by atoms with E-state index in [0.29, 0.717) is 24.6 Å². The fourth-order valence-corrected chi connectivity index (χ4v) is 3.91. The second-order valence-corrected chi connectivity index (χ2v) is 7.72. The Morgan fingerprint density at radius 3 is 2.72 bits per heavy atom. The largest absolute Gasteiger partial charge is 0.355 e. The van der Waals surface area contributed by atoms with Crippen molar-refractivity contribution in [3.63, 3.8) is 0 Å². The summed E-state index contributed by atoms with van der Waals surface area (Å²) in [4.78, 5) is 24.0. The van der Waals surface area contributed by atoms with Crippen LogP contribution in [0.15, 0.2) is 28.8 Å². The van der Waals surface area contributed by atoms with Gasteiger partial charge in [0.25, 0.3) is 5.71 Å². The Balaban J connectivity index is 1.45. The predicted octanol–water partition coefficient (Wildman–Crippen LogP) is 3.33. The first kappa shape index (κ1) is 19.4. The number of rotatable bonds is 5. The van der Waals surface area contributed by atoms with Crippen LogP contribution in [-0.2, 0) is 17.8 Å². The highest BCUT2D eigenvalue weighted by Gasteiger charge is 2.28. The van der Waals surface area contributed by atoms with Crippen molar-refractivity contribution < 1.29 is 9.32 Å². The predicted molar refractivity (Wildman–Crippen MR) is 112 cm³/mol. The second kappa shape index (κ2) is 8.19. The van der Waals surface area contributed by atoms with E-state index in [4.69, 9.17) is 4.52 Å². The third-order valence-electron chi connectivity index (χ3n) is 5.59. The molecule has 3 heterocycles. The Labute approximate surface area is 170 Å². The molecule has 1 aliphatic rings. The number of amides is 1. The van der Waals surface area contributed by atoms with Crippen molar-refractivity contribution in [3.8, 4) is 0 Å². The molecule has 0 saturated carbocycles. The van der Waals surface area contributed by atoms with Crippen molar-refractivity contribution in [2.45, 2.75) is 46.6 Å². The number of nitrogens with one attached hydrogen (secondary N) is 1. The lowest BCUT2D eigenvalue weighted by Gasteiger charge is -2.33. The molecular weight excluding hydrogens is 366 g/mol. The van der Waals surface area contributed by atoms with Crippen LogP contribution in [0, 0.1) is 19.8 Å². The summed E-state index contributed by atoms with van der Waals surface area (Å²) < 4.78 is 5.33. The number of hydrogen-bond donors (Lipinski definition) is 1. The van der Waals surface area contributed by atoms with E-state index in [-0.39, 0.29) is 11.8 Å². The highest BCUT2D eigenvalue weighted by Crippen LogP contribution is 2.30. The number of benzene rings is 1. The average molecular weight is 393 g/mol. The molecule has 1 N–H and O–H groups in total. The lowest BCUT2D eigenvalue weighted by Crippen LogP contribution is -2.43. The third kappa shape index (κ3) is 4.09. The van der Waals surface area contributed by atoms with Crippen molar-refractivity contribution in [2.75, 3.05) is 18.0 Å². The maximum Gasteiger partial charge on any atom is 0.263 e. The van der Waals surface area contributed by atoms with Gasteiger partial charge in [-0.15, -0.1) is 0 Å². The number of nitrogens with zero attached hydrogens (tertiary/aromatic N) is 4. The van der Waals surface area contributed by atoms with Crippen LogP contribution < -0.4 is 10.2 Å². The molecule has 152 valence electrons. The van der Waals surface area contributed by atoms with Crippen LogP contribution in [0.5, 0.6) is 0 Å². The Morgan fingerprint density at radius 2 is 1.97 bits per heavy atom. The first-order valence-electron chi connectivity index (χ1n) is 10.3. The third-order valence-corrected chi connectivity index (χ3v) is 5.59. The van der Waals surface area contributed by atoms with Crippen molar-refractivity contribution in [1.29, 1.82) is 0 Å². The van der Waals surface area contributed by atoms with Gasteiger partial charge < -0.3 is 14.7 Å². The highest BCUT2D eigenvalue weighted by molar-refractivity contribution is 5.88. The summed E-state index contributed by atoms with van der Waals surface area (Å²) in [5.41, 5.74) is 3.71. The van der Waals surface area contributed by atoms with Crippen LogP contribution in [0.25, 0.3) is 11.1 Å². The maximum absolute atomic E-state index is 12.8. The van der Waals surface area contributed by atoms with E-state index in [1.165, 1.54) is 5.56 Å². The molecule has 1 amide bonds. The first-order chi connectivity index (χ1) is 14.0. The SMILES string of the molecule is CCc1ccc(CNC(=O)[C@H]2CCCN(c3nc(C)nc4onc(C)c34)C2)cc1. The van der Waals surface area contributed by atoms with Gasteiger partial charge in [-0.25, -0.2) is 4.98 Å². The molecule has 29 heavy (non-hydrogen) atoms. The fourth-order valence-electron chi connectivity index (χ4n) is 3.91. The number of aromatic nitrogens is 3. The van der Waals surface area contributed by atoms with Gasteiger partial charge in [0.05, 0.1) is 11.6 Å². The summed E-state index contributed by atoms with van der Waals surface area (Å²) in [6.45, 7) is 7.93. The molecule has 7 heteroatoms. The summed E-state index contributed by atoms with van der Waals surface area (Å²) >= 11 is 0. The molecule has 1 fully saturated rings. The molecule has 1 aliphatic heterocycles. The van der Waals surface area contributed by atoms with Crippen LogP contribution in [0.1, 0.15) is 42.4 Å². The molecule has 0 aliphatic carbocycles. The van der Waals surface area contributed by atoms with Crippen molar-refractivity contribution >= 4 is 22.8 Å². The summed E-state index contributed by atoms with van der Waals surface area (Å²) in [5.74, 6) is 1.49. The number of piperidine rings is 1. The van der Waals surface area contributed by atoms with E-state index in [0.717, 1.165) is 48.3 Å². The number of aryl methyl sites for hydroxylation is 3. The quantitative estimate of drug-likeness (QED) is 0.716. The Morgan fingerprint density at radius 1 is 1.21 bits per heavy atom. The van der Waals surface area contributed by atoms with Crippen LogP contribution in [0.2, 0.25) is 0 Å². The Kier molecular flexibility index (Phi) is 5.47. The minimum Gasteiger partial charge on any atom is -0.355 e. The van der Waals surface area contributed by atoms with Gasteiger partial charge in [-0.2, -0.15) is 4.98 Å². The summed E-state index contributed by atoms with van der Waals surface area (Å²) in [5, 5.41) is 7.98. The van der Waals surface area contributed by atoms with Gasteiger partial charge in [0.2, 0.25) is 5.91 Å². The van der Waals surface area contributed by atoms with Crippen LogP contribution in [0.3, 0.4) is 0 Å². The minimum atomic E-state index is -0.0656. The molecule has 0 unspecified atom stereocenters. The summed E-state index contributed by atoms with van der Waals surface area (Å²) in [7, 11) is 0. The first-order valence-corrected chi connectivity index (χ1v) is 10.3. The number of carbonyl (C=O) groups is 1. The normalized spacial score (nSPS) is 16.9. The molecule has 2 aromatic heterocycles. The van der Waals surface area contributed by atoms with E-state index < -0.39 is 0 Å². The number of fused-ring (bicyclic) bond motifs is 1. The van der Waals surface area contributed by atoms with E-state index in [9.17, 15) is 4.79 Å². The molecule has 4 rings (SSSR count). The van der Waals surface area contributed by atoms with Crippen LogP contribution in [-0.4, -0.2) is 34.1 Å². The molecule has 0 radical (unpaired) electrons. The molecule has 1 saturated heterocycles. The smallest absolute Gasteiger partial charge is 0.263 e. The van der Waals surface area contributed by atoms with Gasteiger partial charge in [0, 0.05) is 19.6 Å². The van der Waals surface area contributed by atoms with Gasteiger partial charge in [0.1, 0.15) is 17.0 Å². The standard InChI is InChI=1S/C22H27N5O2/c1-4-16-7-9-17(10-8-16)12-23-21(28)18-6-5-11-27(13-18)20-19-14(2)26-29-22(19)25-15(3)24-20/h7-10,18H,4-6,11-13H2,1-3H3,(H,23,28)/t18-/m0/s1. The van der Waals surface area contributed by atoms with Crippen LogP contribution >= 0.6 is 0 Å². The number of carbonyl (C=O) groups excluding carboxylic acids is 1. The number of anilines is 1. The minimum absolute atomic E-state index is 0.0656. The molecule has 0 spiro atoms. The molecule has 3 aromatic rings. The molecule has 1 atom stereocenters. The Hall–Kier alpha value is -2.96. The van der Waals surface area contributed by atoms with Crippen LogP contribution in [0.4, 0.5) is 5.82 Å². The van der Waals surface area contributed by atoms with Gasteiger partial charge in [-0.1, -0.05) is 36.3 Å². The summed E-state index contributed by atoms with van der Waals surface area (Å²) in [6, 6.07) is 8.41. The van der Waals surface area contributed by atoms with Gasteiger partial charge in [0.15, 0.2) is 0 Å². The monoisotopic (exact) mass is 393 g/mol. The summed E-state index contributed by atoms with van der Waals surface area (Å²) in [6.07, 6.45) is 2.84. The highest BCUT2D eigenvalue weighted by atomic mass is 16.5. The van der Waals surface area contributed by atoms with E-state index in [1.54, 1.807) is 0 Å². The van der Waals surface area contributed by atoms with Gasteiger partial charge in [-0.3, -0.25) is 4.79 Å². The lowest BCUT2D eigenvalue weighted by atomic mass is 9.96. The fraction of sp³-hybridized carbons (Fsp3) is 0.455. The second-order valence-electron chi connectivity index (χ2n) is 7.72. The number of hydrogen-bond acceptors (Lipinski definition) is 6. The van der Waals surface area contributed by atoms with E-state index in [2.05, 4.69) is 56.5 Å². The zero-order chi connectivity index (χ0) is 20.4. The molecule has 0 bridgehead atoms. The zero-order valence-corrected chi connectivity index (χ0v) is 17.2. The van der Waals surface area contributed by atoms with E-state index in [1.807, 2.05) is 13.8 Å². The van der Waals surface area contributed by atoms with Crippen molar-refractivity contribution in [2.24, 2.45) is 5.92 Å². The topological polar surface area (TPSA) is 84.2 Å². The van der Waals surface area contributed by atoms with E-state index >= 15 is 0 Å². The van der Waals surface area contributed by atoms with Crippen molar-refractivity contribution in [1.82, 2.24) is 20.4 Å². The molecule has 1 aromatic carbocycles. The zero-order valence-electron chi connectivity index (χ0n) is 17.2. The Bertz CT molecular complexity index is 1010.